The highest BCUT2D eigenvalue weighted by Gasteiger charge is 2.26. The lowest BCUT2D eigenvalue weighted by molar-refractivity contribution is -0.126. The maximum absolute atomic E-state index is 12.2. The number of carbonyl (C=O) groups excluding carboxylic acids is 1. The number of aromatic nitrogens is 1. The Morgan fingerprint density at radius 2 is 2.56 bits per heavy atom. The van der Waals surface area contributed by atoms with Gasteiger partial charge in [0.05, 0.1) is 6.04 Å². The van der Waals surface area contributed by atoms with E-state index in [4.69, 9.17) is 0 Å². The Bertz CT molecular complexity index is 380. The number of thiazole rings is 1. The third-order valence-electron chi connectivity index (χ3n) is 3.47. The van der Waals surface area contributed by atoms with Gasteiger partial charge >= 0.3 is 0 Å². The van der Waals surface area contributed by atoms with Gasteiger partial charge in [0.15, 0.2) is 0 Å². The van der Waals surface area contributed by atoms with Crippen LogP contribution in [0.15, 0.2) is 11.6 Å². The lowest BCUT2D eigenvalue weighted by atomic mass is 9.92. The van der Waals surface area contributed by atoms with Crippen molar-refractivity contribution >= 4 is 17.2 Å². The van der Waals surface area contributed by atoms with Gasteiger partial charge in [-0.2, -0.15) is 0 Å². The van der Waals surface area contributed by atoms with Gasteiger partial charge in [-0.1, -0.05) is 6.92 Å². The van der Waals surface area contributed by atoms with Crippen LogP contribution in [0.3, 0.4) is 0 Å². The molecule has 2 heterocycles. The van der Waals surface area contributed by atoms with E-state index < -0.39 is 0 Å². The van der Waals surface area contributed by atoms with Gasteiger partial charge in [-0.05, 0) is 32.7 Å². The Kier molecular flexibility index (Phi) is 4.72. The Morgan fingerprint density at radius 1 is 1.72 bits per heavy atom. The summed E-state index contributed by atoms with van der Waals surface area (Å²) >= 11 is 1.61. The van der Waals surface area contributed by atoms with Crippen LogP contribution in [0.2, 0.25) is 0 Å². The molecule has 2 rings (SSSR count). The number of nitrogens with one attached hydrogen (secondary N) is 2. The van der Waals surface area contributed by atoms with Gasteiger partial charge in [0.2, 0.25) is 5.91 Å². The Labute approximate surface area is 112 Å². The van der Waals surface area contributed by atoms with Crippen LogP contribution >= 0.6 is 11.3 Å². The average Bonchev–Trinajstić information content (AvgIpc) is 2.89. The fraction of sp³-hybridized carbons (Fsp3) is 0.692. The molecule has 5 heteroatoms. The van der Waals surface area contributed by atoms with Crippen molar-refractivity contribution in [1.29, 1.82) is 0 Å². The molecule has 0 aliphatic carbocycles. The monoisotopic (exact) mass is 267 g/mol. The van der Waals surface area contributed by atoms with Crippen LogP contribution < -0.4 is 10.6 Å². The molecule has 4 nitrogen and oxygen atoms in total. The van der Waals surface area contributed by atoms with Gasteiger partial charge in [0.25, 0.3) is 0 Å². The molecule has 0 saturated carbocycles. The molecule has 1 aliphatic rings. The zero-order valence-corrected chi connectivity index (χ0v) is 11.8. The van der Waals surface area contributed by atoms with Crippen LogP contribution in [0.25, 0.3) is 0 Å². The van der Waals surface area contributed by atoms with Gasteiger partial charge in [-0.15, -0.1) is 11.3 Å². The molecule has 2 N–H and O–H groups in total. The van der Waals surface area contributed by atoms with E-state index in [1.54, 1.807) is 17.5 Å². The lowest BCUT2D eigenvalue weighted by Crippen LogP contribution is -2.43. The third kappa shape index (κ3) is 3.29. The van der Waals surface area contributed by atoms with Gasteiger partial charge in [0, 0.05) is 23.5 Å². The Balaban J connectivity index is 1.93. The van der Waals surface area contributed by atoms with Crippen molar-refractivity contribution in [2.45, 2.75) is 45.2 Å². The predicted molar refractivity (Wildman–Crippen MR) is 73.5 cm³/mol. The van der Waals surface area contributed by atoms with Crippen molar-refractivity contribution in [2.75, 3.05) is 6.54 Å². The molecule has 0 radical (unpaired) electrons. The molecular formula is C13H21N3OS. The van der Waals surface area contributed by atoms with Crippen molar-refractivity contribution in [3.8, 4) is 0 Å². The number of carbonyl (C=O) groups is 1. The van der Waals surface area contributed by atoms with E-state index in [9.17, 15) is 4.79 Å². The van der Waals surface area contributed by atoms with Gasteiger partial charge in [-0.3, -0.25) is 4.79 Å². The van der Waals surface area contributed by atoms with Crippen molar-refractivity contribution in [2.24, 2.45) is 5.92 Å². The molecule has 100 valence electrons. The summed E-state index contributed by atoms with van der Waals surface area (Å²) in [6.45, 7) is 5.16. The molecule has 1 saturated heterocycles. The third-order valence-corrected chi connectivity index (χ3v) is 4.36. The first kappa shape index (κ1) is 13.5. The second-order valence-electron chi connectivity index (χ2n) is 4.92. The average molecular weight is 267 g/mol. The fourth-order valence-electron chi connectivity index (χ4n) is 2.40. The topological polar surface area (TPSA) is 54.0 Å². The quantitative estimate of drug-likeness (QED) is 0.878. The molecule has 0 spiro atoms. The summed E-state index contributed by atoms with van der Waals surface area (Å²) in [7, 11) is 0. The van der Waals surface area contributed by atoms with Crippen LogP contribution in [0, 0.1) is 5.92 Å². The Hall–Kier alpha value is -0.940. The maximum Gasteiger partial charge on any atom is 0.223 e. The van der Waals surface area contributed by atoms with Gasteiger partial charge in [0.1, 0.15) is 5.01 Å². The summed E-state index contributed by atoms with van der Waals surface area (Å²) < 4.78 is 0. The SMILES string of the molecule is CCC(NC(=O)C1CCNC(C)C1)c1nccs1. The normalized spacial score (nSPS) is 25.7. The highest BCUT2D eigenvalue weighted by molar-refractivity contribution is 7.09. The summed E-state index contributed by atoms with van der Waals surface area (Å²) in [5.41, 5.74) is 0. The lowest BCUT2D eigenvalue weighted by Gasteiger charge is -2.28. The number of nitrogens with zero attached hydrogens (tertiary/aromatic N) is 1. The highest BCUT2D eigenvalue weighted by Crippen LogP contribution is 2.22. The minimum atomic E-state index is 0.0719. The second-order valence-corrected chi connectivity index (χ2v) is 5.84. The molecule has 1 aliphatic heterocycles. The van der Waals surface area contributed by atoms with Crippen molar-refractivity contribution in [3.63, 3.8) is 0 Å². The predicted octanol–water partition coefficient (Wildman–Crippen LogP) is 2.10. The molecule has 0 aromatic carbocycles. The van der Waals surface area contributed by atoms with Crippen LogP contribution in [-0.2, 0) is 4.79 Å². The summed E-state index contributed by atoms with van der Waals surface area (Å²) in [6, 6.07) is 0.511. The van der Waals surface area contributed by atoms with Crippen molar-refractivity contribution in [3.05, 3.63) is 16.6 Å². The van der Waals surface area contributed by atoms with Gasteiger partial charge in [-0.25, -0.2) is 4.98 Å². The smallest absolute Gasteiger partial charge is 0.223 e. The molecule has 3 unspecified atom stereocenters. The van der Waals surface area contributed by atoms with Crippen molar-refractivity contribution < 1.29 is 4.79 Å². The van der Waals surface area contributed by atoms with Crippen LogP contribution in [0.5, 0.6) is 0 Å². The summed E-state index contributed by atoms with van der Waals surface area (Å²) in [5, 5.41) is 9.47. The number of piperidine rings is 1. The summed E-state index contributed by atoms with van der Waals surface area (Å²) in [6.07, 6.45) is 4.55. The largest absolute Gasteiger partial charge is 0.347 e. The number of hydrogen-bond acceptors (Lipinski definition) is 4. The van der Waals surface area contributed by atoms with Crippen LogP contribution in [-0.4, -0.2) is 23.5 Å². The number of hydrogen-bond donors (Lipinski definition) is 2. The standard InChI is InChI=1S/C13H21N3OS/c1-3-11(13-15-6-7-18-13)16-12(17)10-4-5-14-9(2)8-10/h6-7,9-11,14H,3-5,8H2,1-2H3,(H,16,17). The fourth-order valence-corrected chi connectivity index (χ4v) is 3.18. The van der Waals surface area contributed by atoms with Gasteiger partial charge < -0.3 is 10.6 Å². The first-order valence-electron chi connectivity index (χ1n) is 6.63. The van der Waals surface area contributed by atoms with Crippen LogP contribution in [0.4, 0.5) is 0 Å². The van der Waals surface area contributed by atoms with E-state index in [0.717, 1.165) is 30.8 Å². The first-order valence-corrected chi connectivity index (χ1v) is 7.51. The minimum absolute atomic E-state index is 0.0719. The van der Waals surface area contributed by atoms with E-state index in [-0.39, 0.29) is 17.9 Å². The molecule has 18 heavy (non-hydrogen) atoms. The first-order chi connectivity index (χ1) is 8.70. The number of amides is 1. The van der Waals surface area contributed by atoms with Crippen molar-refractivity contribution in [1.82, 2.24) is 15.6 Å². The maximum atomic E-state index is 12.2. The highest BCUT2D eigenvalue weighted by atomic mass is 32.1. The molecule has 3 atom stereocenters. The van der Waals surface area contributed by atoms with E-state index in [0.29, 0.717) is 6.04 Å². The van der Waals surface area contributed by atoms with Crippen LogP contribution in [0.1, 0.15) is 44.2 Å². The minimum Gasteiger partial charge on any atom is -0.347 e. The van der Waals surface area contributed by atoms with E-state index in [1.807, 2.05) is 5.38 Å². The second kappa shape index (κ2) is 6.29. The molecule has 1 amide bonds. The number of rotatable bonds is 4. The molecule has 1 aromatic heterocycles. The van der Waals surface area contributed by atoms with E-state index in [1.165, 1.54) is 0 Å². The molecule has 1 aromatic rings. The zero-order chi connectivity index (χ0) is 13.0. The Morgan fingerprint density at radius 3 is 3.17 bits per heavy atom. The van der Waals surface area contributed by atoms with E-state index in [2.05, 4.69) is 29.5 Å². The molecule has 0 bridgehead atoms. The molecule has 1 fully saturated rings. The molecular weight excluding hydrogens is 246 g/mol. The van der Waals surface area contributed by atoms with E-state index >= 15 is 0 Å². The summed E-state index contributed by atoms with van der Waals surface area (Å²) in [5.74, 6) is 0.334. The zero-order valence-electron chi connectivity index (χ0n) is 11.0. The summed E-state index contributed by atoms with van der Waals surface area (Å²) in [4.78, 5) is 16.5.